The zero-order valence-electron chi connectivity index (χ0n) is 34.8. The van der Waals surface area contributed by atoms with Crippen LogP contribution in [0.2, 0.25) is 0 Å². The van der Waals surface area contributed by atoms with Crippen molar-refractivity contribution in [3.63, 3.8) is 0 Å². The van der Waals surface area contributed by atoms with Gasteiger partial charge < -0.3 is 14.6 Å². The molecule has 0 aromatic heterocycles. The van der Waals surface area contributed by atoms with E-state index < -0.39 is 6.10 Å². The van der Waals surface area contributed by atoms with Crippen molar-refractivity contribution in [2.45, 2.75) is 251 Å². The summed E-state index contributed by atoms with van der Waals surface area (Å²) < 4.78 is 10.6. The third kappa shape index (κ3) is 41.1. The second-order valence-electron chi connectivity index (χ2n) is 15.5. The molecule has 0 saturated carbocycles. The zero-order valence-corrected chi connectivity index (χ0v) is 34.8. The van der Waals surface area contributed by atoms with E-state index in [-0.39, 0.29) is 25.2 Å². The van der Waals surface area contributed by atoms with Gasteiger partial charge in [0, 0.05) is 12.8 Å². The largest absolute Gasteiger partial charge is 0.462 e. The van der Waals surface area contributed by atoms with Crippen LogP contribution in [-0.4, -0.2) is 36.4 Å². The Bertz CT molecular complexity index is 791. The quantitative estimate of drug-likeness (QED) is 0.0384. The highest BCUT2D eigenvalue weighted by Gasteiger charge is 2.16. The molecule has 0 aromatic rings. The zero-order chi connectivity index (χ0) is 37.8. The van der Waals surface area contributed by atoms with Crippen LogP contribution >= 0.6 is 0 Å². The van der Waals surface area contributed by atoms with Crippen molar-refractivity contribution >= 4 is 11.9 Å². The van der Waals surface area contributed by atoms with Crippen LogP contribution in [0.5, 0.6) is 0 Å². The van der Waals surface area contributed by atoms with E-state index in [4.69, 9.17) is 9.47 Å². The van der Waals surface area contributed by atoms with E-state index in [1.807, 2.05) is 0 Å². The number of rotatable bonds is 42. The highest BCUT2D eigenvalue weighted by atomic mass is 16.6. The van der Waals surface area contributed by atoms with Crippen molar-refractivity contribution in [2.24, 2.45) is 0 Å². The lowest BCUT2D eigenvalue weighted by molar-refractivity contribution is -0.161. The summed E-state index contributed by atoms with van der Waals surface area (Å²) >= 11 is 0. The fourth-order valence-electron chi connectivity index (χ4n) is 6.76. The molecule has 0 amide bonds. The highest BCUT2D eigenvalue weighted by Crippen LogP contribution is 2.16. The molecule has 0 aliphatic heterocycles. The number of ether oxygens (including phenoxy) is 2. The van der Waals surface area contributed by atoms with Crippen molar-refractivity contribution in [1.29, 1.82) is 0 Å². The number of hydrogen-bond acceptors (Lipinski definition) is 5. The van der Waals surface area contributed by atoms with Crippen LogP contribution in [0.1, 0.15) is 245 Å². The molecule has 5 nitrogen and oxygen atoms in total. The predicted molar refractivity (Wildman–Crippen MR) is 224 cm³/mol. The van der Waals surface area contributed by atoms with Crippen molar-refractivity contribution in [1.82, 2.24) is 0 Å². The molecule has 0 aromatic carbocycles. The molecule has 1 atom stereocenters. The van der Waals surface area contributed by atoms with Gasteiger partial charge in [-0.25, -0.2) is 0 Å². The first-order valence-electron chi connectivity index (χ1n) is 22.9. The first-order chi connectivity index (χ1) is 25.6. The van der Waals surface area contributed by atoms with E-state index in [0.29, 0.717) is 12.8 Å². The van der Waals surface area contributed by atoms with Gasteiger partial charge in [-0.1, -0.05) is 212 Å². The van der Waals surface area contributed by atoms with E-state index >= 15 is 0 Å². The van der Waals surface area contributed by atoms with Gasteiger partial charge in [0.2, 0.25) is 0 Å². The Balaban J connectivity index is 3.49. The van der Waals surface area contributed by atoms with Crippen LogP contribution in [0.4, 0.5) is 0 Å². The second-order valence-corrected chi connectivity index (χ2v) is 15.5. The maximum absolute atomic E-state index is 12.2. The lowest BCUT2D eigenvalue weighted by Crippen LogP contribution is -2.28. The van der Waals surface area contributed by atoms with E-state index in [1.165, 1.54) is 167 Å². The molecule has 0 bridgehead atoms. The SMILES string of the molecule is CCCCCC/C=C\C/C=C\CCCCCCCC(=O)OC(CO)COC(=O)CCCCCCCCCCCCCCCCCCCCCCCC. The number of aliphatic hydroxyl groups is 1. The molecule has 5 heteroatoms. The fourth-order valence-corrected chi connectivity index (χ4v) is 6.76. The van der Waals surface area contributed by atoms with Crippen LogP contribution in [0, 0.1) is 0 Å². The maximum Gasteiger partial charge on any atom is 0.306 e. The van der Waals surface area contributed by atoms with Gasteiger partial charge in [-0.3, -0.25) is 9.59 Å². The summed E-state index contributed by atoms with van der Waals surface area (Å²) in [5.74, 6) is -0.595. The Morgan fingerprint density at radius 1 is 0.442 bits per heavy atom. The maximum atomic E-state index is 12.2. The number of hydrogen-bond donors (Lipinski definition) is 1. The van der Waals surface area contributed by atoms with Gasteiger partial charge in [0.05, 0.1) is 6.61 Å². The van der Waals surface area contributed by atoms with Gasteiger partial charge >= 0.3 is 11.9 Å². The smallest absolute Gasteiger partial charge is 0.306 e. The van der Waals surface area contributed by atoms with Gasteiger partial charge in [0.1, 0.15) is 6.61 Å². The molecule has 0 heterocycles. The van der Waals surface area contributed by atoms with Crippen LogP contribution < -0.4 is 0 Å². The number of allylic oxidation sites excluding steroid dienone is 4. The third-order valence-electron chi connectivity index (χ3n) is 10.2. The Morgan fingerprint density at radius 2 is 0.769 bits per heavy atom. The topological polar surface area (TPSA) is 72.8 Å². The van der Waals surface area contributed by atoms with Crippen LogP contribution in [0.3, 0.4) is 0 Å². The molecular formula is C47H88O5. The van der Waals surface area contributed by atoms with Crippen molar-refractivity contribution < 1.29 is 24.2 Å². The number of carbonyl (C=O) groups excluding carboxylic acids is 2. The number of carbonyl (C=O) groups is 2. The predicted octanol–water partition coefficient (Wildman–Crippen LogP) is 14.6. The Labute approximate surface area is 323 Å². The summed E-state index contributed by atoms with van der Waals surface area (Å²) in [6.45, 7) is 4.14. The van der Waals surface area contributed by atoms with E-state index in [2.05, 4.69) is 38.2 Å². The molecule has 52 heavy (non-hydrogen) atoms. The normalized spacial score (nSPS) is 12.3. The summed E-state index contributed by atoms with van der Waals surface area (Å²) in [6, 6.07) is 0. The molecule has 0 saturated heterocycles. The van der Waals surface area contributed by atoms with Crippen molar-refractivity contribution in [3.8, 4) is 0 Å². The standard InChI is InChI=1S/C47H88O5/c1-3-5-7-9-11-13-15-17-19-21-22-23-24-25-26-28-29-31-33-35-37-39-41-46(49)51-44-45(43-48)52-47(50)42-40-38-36-34-32-30-27-20-18-16-14-12-10-8-6-4-2/h14,16,20,27,45,48H,3-13,15,17-19,21-26,28-44H2,1-2H3/b16-14-,27-20-. The number of esters is 2. The molecule has 0 spiro atoms. The molecule has 0 rings (SSSR count). The molecule has 1 unspecified atom stereocenters. The minimum Gasteiger partial charge on any atom is -0.462 e. The first-order valence-corrected chi connectivity index (χ1v) is 22.9. The van der Waals surface area contributed by atoms with Gasteiger partial charge in [-0.05, 0) is 44.9 Å². The average molecular weight is 733 g/mol. The fraction of sp³-hybridized carbons (Fsp3) is 0.872. The monoisotopic (exact) mass is 733 g/mol. The van der Waals surface area contributed by atoms with Gasteiger partial charge in [-0.2, -0.15) is 0 Å². The molecule has 0 aliphatic carbocycles. The summed E-state index contributed by atoms with van der Waals surface area (Å²) in [7, 11) is 0. The minimum absolute atomic E-state index is 0.0668. The Morgan fingerprint density at radius 3 is 1.15 bits per heavy atom. The molecule has 0 aliphatic rings. The van der Waals surface area contributed by atoms with Gasteiger partial charge in [0.25, 0.3) is 0 Å². The Kier molecular flexibility index (Phi) is 42.4. The second kappa shape index (κ2) is 43.8. The minimum atomic E-state index is -0.774. The lowest BCUT2D eigenvalue weighted by atomic mass is 10.0. The first kappa shape index (κ1) is 50.4. The number of aliphatic hydroxyl groups excluding tert-OH is 1. The Hall–Kier alpha value is -1.62. The third-order valence-corrected chi connectivity index (χ3v) is 10.2. The van der Waals surface area contributed by atoms with Crippen LogP contribution in [-0.2, 0) is 19.1 Å². The van der Waals surface area contributed by atoms with E-state index in [1.54, 1.807) is 0 Å². The molecule has 0 radical (unpaired) electrons. The van der Waals surface area contributed by atoms with E-state index in [9.17, 15) is 14.7 Å². The molecule has 1 N–H and O–H groups in total. The summed E-state index contributed by atoms with van der Waals surface area (Å²) in [5, 5.41) is 9.58. The average Bonchev–Trinajstić information content (AvgIpc) is 3.15. The molecule has 0 fully saturated rings. The van der Waals surface area contributed by atoms with Crippen LogP contribution in [0.25, 0.3) is 0 Å². The number of unbranched alkanes of at least 4 members (excludes halogenated alkanes) is 30. The van der Waals surface area contributed by atoms with E-state index in [0.717, 1.165) is 51.4 Å². The summed E-state index contributed by atoms with van der Waals surface area (Å²) in [6.07, 6.45) is 52.6. The molecular weight excluding hydrogens is 645 g/mol. The van der Waals surface area contributed by atoms with Gasteiger partial charge in [-0.15, -0.1) is 0 Å². The lowest BCUT2D eigenvalue weighted by Gasteiger charge is -2.15. The van der Waals surface area contributed by atoms with Crippen LogP contribution in [0.15, 0.2) is 24.3 Å². The van der Waals surface area contributed by atoms with Crippen molar-refractivity contribution in [3.05, 3.63) is 24.3 Å². The highest BCUT2D eigenvalue weighted by molar-refractivity contribution is 5.70. The molecule has 306 valence electrons. The van der Waals surface area contributed by atoms with Crippen molar-refractivity contribution in [2.75, 3.05) is 13.2 Å². The summed E-state index contributed by atoms with van der Waals surface area (Å²) in [5.41, 5.74) is 0. The van der Waals surface area contributed by atoms with Gasteiger partial charge in [0.15, 0.2) is 6.10 Å². The summed E-state index contributed by atoms with van der Waals surface area (Å²) in [4.78, 5) is 24.3.